The van der Waals surface area contributed by atoms with E-state index in [-0.39, 0.29) is 5.41 Å². The Hall–Kier alpha value is -2.67. The molecule has 53 heavy (non-hydrogen) atoms. The van der Waals surface area contributed by atoms with Crippen LogP contribution in [0.3, 0.4) is 0 Å². The number of hydrogen-bond acceptors (Lipinski definition) is 9. The van der Waals surface area contributed by atoms with E-state index < -0.39 is 26.8 Å². The van der Waals surface area contributed by atoms with Crippen LogP contribution in [0.15, 0.2) is 48.6 Å². The van der Waals surface area contributed by atoms with Crippen LogP contribution in [0.5, 0.6) is 5.75 Å². The first kappa shape index (κ1) is 38.6. The van der Waals surface area contributed by atoms with Crippen molar-refractivity contribution in [2.45, 2.75) is 81.6 Å². The Bertz CT molecular complexity index is 1780. The number of benzene rings is 2. The van der Waals surface area contributed by atoms with Crippen LogP contribution >= 0.6 is 11.6 Å². The molecule has 2 aliphatic carbocycles. The van der Waals surface area contributed by atoms with Gasteiger partial charge in [0.1, 0.15) is 11.4 Å². The summed E-state index contributed by atoms with van der Waals surface area (Å²) in [5.41, 5.74) is 2.98. The zero-order valence-corrected chi connectivity index (χ0v) is 33.4. The van der Waals surface area contributed by atoms with Crippen molar-refractivity contribution in [3.8, 4) is 5.75 Å². The maximum Gasteiger partial charge on any atom is 0.264 e. The number of allylic oxidation sites excluding steroid dienone is 1. The van der Waals surface area contributed by atoms with Gasteiger partial charge >= 0.3 is 0 Å². The van der Waals surface area contributed by atoms with E-state index in [9.17, 15) is 13.2 Å². The predicted octanol–water partition coefficient (Wildman–Crippen LogP) is 5.68. The highest BCUT2D eigenvalue weighted by molar-refractivity contribution is 7.90. The fraction of sp³-hybridized carbons (Fsp3) is 0.634. The fourth-order valence-corrected chi connectivity index (χ4v) is 10.2. The molecule has 0 bridgehead atoms. The number of sulfonamides is 1. The highest BCUT2D eigenvalue weighted by atomic mass is 35.5. The van der Waals surface area contributed by atoms with Gasteiger partial charge in [0.15, 0.2) is 0 Å². The number of morpholine rings is 1. The molecule has 3 fully saturated rings. The molecule has 1 spiro atoms. The van der Waals surface area contributed by atoms with Crippen molar-refractivity contribution in [1.29, 1.82) is 0 Å². The van der Waals surface area contributed by atoms with Gasteiger partial charge in [0.25, 0.3) is 5.91 Å². The largest absolute Gasteiger partial charge is 0.490 e. The minimum absolute atomic E-state index is 0.271. The van der Waals surface area contributed by atoms with Gasteiger partial charge in [-0.2, -0.15) is 0 Å². The SMILES string of the molecule is CC/C=C/[C@@](CN1CC(N2CCOCC2)C1)(OC)[C@@H]1CC[C@H]1CN1C[C@@]2(CCCc3cc(Cl)ccc32)COc2ccc(C(=O)NS(=O)(=O)C(C)C)cc21. The Balaban J connectivity index is 1.19. The molecule has 2 saturated heterocycles. The Kier molecular flexibility index (Phi) is 11.5. The van der Waals surface area contributed by atoms with Crippen molar-refractivity contribution in [3.63, 3.8) is 0 Å². The van der Waals surface area contributed by atoms with Crippen LogP contribution in [0.2, 0.25) is 5.02 Å². The first-order chi connectivity index (χ1) is 25.5. The molecule has 3 aliphatic heterocycles. The normalized spacial score (nSPS) is 26.6. The molecule has 1 amide bonds. The molecule has 7 rings (SSSR count). The maximum absolute atomic E-state index is 13.4. The summed E-state index contributed by atoms with van der Waals surface area (Å²) in [7, 11) is -1.93. The van der Waals surface area contributed by atoms with E-state index in [2.05, 4.69) is 50.6 Å². The molecule has 12 heteroatoms. The highest BCUT2D eigenvalue weighted by Gasteiger charge is 2.51. The second-order valence-electron chi connectivity index (χ2n) is 16.2. The Morgan fingerprint density at radius 1 is 1.15 bits per heavy atom. The van der Waals surface area contributed by atoms with E-state index >= 15 is 0 Å². The minimum Gasteiger partial charge on any atom is -0.490 e. The number of carbonyl (C=O) groups excluding carboxylic acids is 1. The number of methoxy groups -OCH3 is 1. The van der Waals surface area contributed by atoms with Crippen LogP contribution < -0.4 is 14.4 Å². The predicted molar refractivity (Wildman–Crippen MR) is 210 cm³/mol. The lowest BCUT2D eigenvalue weighted by Crippen LogP contribution is -2.66. The number of amides is 1. The van der Waals surface area contributed by atoms with Gasteiger partial charge in [-0.05, 0) is 106 Å². The summed E-state index contributed by atoms with van der Waals surface area (Å²) in [6.45, 7) is 13.9. The molecule has 2 aromatic carbocycles. The standard InChI is InChI=1S/C41H57ClN4O6S/c1-5-6-16-41(50-4,27-44-24-34(25-44)45-17-19-51-20-18-45)36-12-9-32(36)23-46-26-40(15-7-8-30-21-33(42)11-13-35(30)40)28-52-38-14-10-31(22-37(38)46)39(47)43-53(48,49)29(2)3/h6,10-11,13-14,16,21-22,29,32,34,36H,5,7-9,12,15,17-20,23-28H2,1-4H3,(H,43,47)/b16-6+/t32-,36+,40-,41-/m0/s1. The number of halogens is 1. The second kappa shape index (κ2) is 15.8. The third-order valence-electron chi connectivity index (χ3n) is 12.6. The second-order valence-corrected chi connectivity index (χ2v) is 18.9. The summed E-state index contributed by atoms with van der Waals surface area (Å²) in [4.78, 5) is 21.0. The first-order valence-corrected chi connectivity index (χ1v) is 21.5. The van der Waals surface area contributed by atoms with E-state index in [0.717, 1.165) is 102 Å². The summed E-state index contributed by atoms with van der Waals surface area (Å²) in [6.07, 6.45) is 10.7. The summed E-state index contributed by atoms with van der Waals surface area (Å²) in [6, 6.07) is 12.2. The van der Waals surface area contributed by atoms with Crippen molar-refractivity contribution in [2.75, 3.05) is 77.6 Å². The van der Waals surface area contributed by atoms with Gasteiger partial charge in [-0.1, -0.05) is 36.7 Å². The average molecular weight is 769 g/mol. The molecule has 2 aromatic rings. The van der Waals surface area contributed by atoms with Gasteiger partial charge in [-0.25, -0.2) is 13.1 Å². The number of ether oxygens (including phenoxy) is 3. The summed E-state index contributed by atoms with van der Waals surface area (Å²) < 4.78 is 46.5. The lowest BCUT2D eigenvalue weighted by molar-refractivity contribution is -0.113. The first-order valence-electron chi connectivity index (χ1n) is 19.6. The van der Waals surface area contributed by atoms with Gasteiger partial charge in [0.2, 0.25) is 10.0 Å². The molecule has 290 valence electrons. The molecule has 4 atom stereocenters. The van der Waals surface area contributed by atoms with Gasteiger partial charge in [-0.3, -0.25) is 14.6 Å². The van der Waals surface area contributed by atoms with Gasteiger partial charge < -0.3 is 19.1 Å². The monoisotopic (exact) mass is 768 g/mol. The van der Waals surface area contributed by atoms with Crippen molar-refractivity contribution in [3.05, 3.63) is 70.3 Å². The zero-order valence-electron chi connectivity index (χ0n) is 31.8. The smallest absolute Gasteiger partial charge is 0.264 e. The Morgan fingerprint density at radius 3 is 2.64 bits per heavy atom. The topological polar surface area (TPSA) is 101 Å². The number of anilines is 1. The zero-order chi connectivity index (χ0) is 37.4. The average Bonchev–Trinajstić information content (AvgIpc) is 3.27. The van der Waals surface area contributed by atoms with Crippen molar-refractivity contribution in [2.24, 2.45) is 11.8 Å². The van der Waals surface area contributed by atoms with E-state index in [1.807, 2.05) is 25.3 Å². The quantitative estimate of drug-likeness (QED) is 0.274. The lowest BCUT2D eigenvalue weighted by Gasteiger charge is -2.54. The molecular weight excluding hydrogens is 712 g/mol. The van der Waals surface area contributed by atoms with Crippen LogP contribution in [0, 0.1) is 11.8 Å². The van der Waals surface area contributed by atoms with Gasteiger partial charge in [0.05, 0.1) is 30.8 Å². The number of aryl methyl sites for hydroxylation is 1. The number of nitrogens with zero attached hydrogens (tertiary/aromatic N) is 3. The molecule has 0 unspecified atom stereocenters. The van der Waals surface area contributed by atoms with Crippen molar-refractivity contribution in [1.82, 2.24) is 14.5 Å². The maximum atomic E-state index is 13.4. The summed E-state index contributed by atoms with van der Waals surface area (Å²) >= 11 is 6.50. The minimum atomic E-state index is -3.80. The molecule has 0 radical (unpaired) electrons. The van der Waals surface area contributed by atoms with E-state index in [1.165, 1.54) is 11.1 Å². The molecule has 0 aromatic heterocycles. The van der Waals surface area contributed by atoms with Gasteiger partial charge in [0, 0.05) is 75.0 Å². The van der Waals surface area contributed by atoms with Gasteiger partial charge in [-0.15, -0.1) is 0 Å². The Morgan fingerprint density at radius 2 is 1.94 bits per heavy atom. The lowest BCUT2D eigenvalue weighted by atomic mass is 9.63. The van der Waals surface area contributed by atoms with E-state index in [4.69, 9.17) is 25.8 Å². The van der Waals surface area contributed by atoms with Crippen LogP contribution in [0.4, 0.5) is 5.69 Å². The molecule has 10 nitrogen and oxygen atoms in total. The summed E-state index contributed by atoms with van der Waals surface area (Å²) in [5, 5.41) is 0.0148. The number of rotatable bonds is 12. The number of fused-ring (bicyclic) bond motifs is 3. The van der Waals surface area contributed by atoms with Crippen LogP contribution in [-0.2, 0) is 31.3 Å². The molecule has 5 aliphatic rings. The van der Waals surface area contributed by atoms with Crippen molar-refractivity contribution < 1.29 is 27.4 Å². The highest BCUT2D eigenvalue weighted by Crippen LogP contribution is 2.49. The Labute approximate surface area is 321 Å². The van der Waals surface area contributed by atoms with Crippen LogP contribution in [0.25, 0.3) is 0 Å². The van der Waals surface area contributed by atoms with Crippen LogP contribution in [-0.4, -0.2) is 114 Å². The number of nitrogens with one attached hydrogen (secondary N) is 1. The molecule has 3 heterocycles. The molecular formula is C41H57ClN4O6S. The third kappa shape index (κ3) is 7.89. The number of likely N-dealkylation sites (tertiary alicyclic amines) is 1. The molecule has 1 N–H and O–H groups in total. The van der Waals surface area contributed by atoms with E-state index in [1.54, 1.807) is 19.9 Å². The molecule has 1 saturated carbocycles. The summed E-state index contributed by atoms with van der Waals surface area (Å²) in [5.74, 6) is 0.720. The fourth-order valence-electron chi connectivity index (χ4n) is 9.36. The number of carbonyl (C=O) groups is 1. The van der Waals surface area contributed by atoms with E-state index in [0.29, 0.717) is 42.3 Å². The van der Waals surface area contributed by atoms with Crippen LogP contribution in [0.1, 0.15) is 74.4 Å². The number of hydrogen-bond donors (Lipinski definition) is 1. The third-order valence-corrected chi connectivity index (χ3v) is 14.6. The van der Waals surface area contributed by atoms with Crippen molar-refractivity contribution >= 4 is 33.2 Å².